The Hall–Kier alpha value is -2.53. The lowest BCUT2D eigenvalue weighted by atomic mass is 9.87. The second kappa shape index (κ2) is 7.61. The third-order valence-electron chi connectivity index (χ3n) is 5.19. The van der Waals surface area contributed by atoms with E-state index in [9.17, 15) is 4.79 Å². The van der Waals surface area contributed by atoms with Crippen LogP contribution in [0.15, 0.2) is 42.5 Å². The predicted octanol–water partition coefficient (Wildman–Crippen LogP) is 4.55. The maximum atomic E-state index is 12.9. The van der Waals surface area contributed by atoms with Gasteiger partial charge in [0.05, 0.1) is 25.2 Å². The highest BCUT2D eigenvalue weighted by molar-refractivity contribution is 6.01. The van der Waals surface area contributed by atoms with Gasteiger partial charge in [0.15, 0.2) is 12.1 Å². The number of ketones is 1. The molecule has 0 saturated carbocycles. The lowest BCUT2D eigenvalue weighted by Crippen LogP contribution is -2.30. The number of rotatable bonds is 4. The molecule has 142 valence electrons. The van der Waals surface area contributed by atoms with Crippen molar-refractivity contribution in [2.24, 2.45) is 5.92 Å². The molecule has 0 amide bonds. The average molecular weight is 368 g/mol. The van der Waals surface area contributed by atoms with Gasteiger partial charge in [-0.15, -0.1) is 0 Å². The fraction of sp³-hybridized carbons (Fsp3) is 0.409. The zero-order valence-corrected chi connectivity index (χ0v) is 15.6. The van der Waals surface area contributed by atoms with Crippen LogP contribution in [0.1, 0.15) is 48.2 Å². The maximum absolute atomic E-state index is 12.9. The molecule has 1 unspecified atom stereocenters. The zero-order chi connectivity index (χ0) is 18.8. The zero-order valence-electron chi connectivity index (χ0n) is 15.6. The molecule has 5 heteroatoms. The molecule has 0 spiro atoms. The standard InChI is InChI=1S/C22H24O5/c1-14-21(23)18-11-10-17(26-20-5-3-4-12-25-20)13-19(18)27-22(14)15-6-8-16(24-2)9-7-15/h6-11,13-14,20,22H,3-5,12H2,1-2H3/t14-,20?,22-/m0/s1. The molecule has 5 nitrogen and oxygen atoms in total. The van der Waals surface area contributed by atoms with Crippen LogP contribution in [-0.2, 0) is 4.74 Å². The highest BCUT2D eigenvalue weighted by Gasteiger charge is 2.35. The third kappa shape index (κ3) is 3.65. The fourth-order valence-corrected chi connectivity index (χ4v) is 3.60. The molecule has 0 N–H and O–H groups in total. The number of benzene rings is 2. The monoisotopic (exact) mass is 368 g/mol. The number of ether oxygens (including phenoxy) is 4. The van der Waals surface area contributed by atoms with Gasteiger partial charge >= 0.3 is 0 Å². The van der Waals surface area contributed by atoms with Gasteiger partial charge in [0.1, 0.15) is 23.4 Å². The van der Waals surface area contributed by atoms with Crippen LogP contribution in [0.3, 0.4) is 0 Å². The van der Waals surface area contributed by atoms with Crippen LogP contribution in [0.4, 0.5) is 0 Å². The largest absolute Gasteiger partial charge is 0.497 e. The van der Waals surface area contributed by atoms with Crippen LogP contribution >= 0.6 is 0 Å². The van der Waals surface area contributed by atoms with E-state index in [0.29, 0.717) is 17.1 Å². The van der Waals surface area contributed by atoms with E-state index in [0.717, 1.165) is 37.2 Å². The van der Waals surface area contributed by atoms with Crippen molar-refractivity contribution in [2.75, 3.05) is 13.7 Å². The van der Waals surface area contributed by atoms with Crippen LogP contribution < -0.4 is 14.2 Å². The Labute approximate surface area is 159 Å². The van der Waals surface area contributed by atoms with Crippen molar-refractivity contribution in [1.29, 1.82) is 0 Å². The average Bonchev–Trinajstić information content (AvgIpc) is 2.71. The molecule has 1 saturated heterocycles. The quantitative estimate of drug-likeness (QED) is 0.792. The summed E-state index contributed by atoms with van der Waals surface area (Å²) in [7, 11) is 1.63. The van der Waals surface area contributed by atoms with Gasteiger partial charge in [-0.1, -0.05) is 19.1 Å². The Morgan fingerprint density at radius 3 is 2.52 bits per heavy atom. The lowest BCUT2D eigenvalue weighted by Gasteiger charge is -2.31. The Balaban J connectivity index is 1.58. The first-order valence-electron chi connectivity index (χ1n) is 9.43. The first kappa shape index (κ1) is 17.9. The molecular formula is C22H24O5. The minimum absolute atomic E-state index is 0.0811. The van der Waals surface area contributed by atoms with Crippen molar-refractivity contribution in [3.63, 3.8) is 0 Å². The highest BCUT2D eigenvalue weighted by atomic mass is 16.7. The van der Waals surface area contributed by atoms with Crippen molar-refractivity contribution >= 4 is 5.78 Å². The number of hydrogen-bond acceptors (Lipinski definition) is 5. The molecule has 3 atom stereocenters. The van der Waals surface area contributed by atoms with Gasteiger partial charge < -0.3 is 18.9 Å². The smallest absolute Gasteiger partial charge is 0.199 e. The molecule has 2 aliphatic rings. The van der Waals surface area contributed by atoms with Crippen molar-refractivity contribution in [3.8, 4) is 17.2 Å². The van der Waals surface area contributed by atoms with E-state index in [2.05, 4.69) is 0 Å². The summed E-state index contributed by atoms with van der Waals surface area (Å²) >= 11 is 0. The van der Waals surface area contributed by atoms with Crippen molar-refractivity contribution in [1.82, 2.24) is 0 Å². The number of carbonyl (C=O) groups excluding carboxylic acids is 1. The normalized spacial score (nSPS) is 24.7. The van der Waals surface area contributed by atoms with E-state index in [1.54, 1.807) is 19.2 Å². The summed E-state index contributed by atoms with van der Waals surface area (Å²) in [6.45, 7) is 2.63. The number of fused-ring (bicyclic) bond motifs is 1. The molecule has 0 bridgehead atoms. The highest BCUT2D eigenvalue weighted by Crippen LogP contribution is 2.40. The molecule has 0 aliphatic carbocycles. The topological polar surface area (TPSA) is 54.0 Å². The van der Waals surface area contributed by atoms with Gasteiger partial charge in [-0.05, 0) is 42.7 Å². The van der Waals surface area contributed by atoms with Gasteiger partial charge in [-0.3, -0.25) is 4.79 Å². The van der Waals surface area contributed by atoms with Gasteiger partial charge in [0, 0.05) is 12.5 Å². The second-order valence-electron chi connectivity index (χ2n) is 7.04. The molecule has 2 heterocycles. The Morgan fingerprint density at radius 2 is 1.81 bits per heavy atom. The number of methoxy groups -OCH3 is 1. The molecule has 1 fully saturated rings. The van der Waals surface area contributed by atoms with E-state index >= 15 is 0 Å². The van der Waals surface area contributed by atoms with Crippen LogP contribution in [0.2, 0.25) is 0 Å². The third-order valence-corrected chi connectivity index (χ3v) is 5.19. The summed E-state index contributed by atoms with van der Waals surface area (Å²) in [6.07, 6.45) is 2.48. The van der Waals surface area contributed by atoms with E-state index in [1.165, 1.54) is 0 Å². The van der Waals surface area contributed by atoms with Gasteiger partial charge in [0.2, 0.25) is 0 Å². The molecule has 2 aliphatic heterocycles. The molecule has 27 heavy (non-hydrogen) atoms. The van der Waals surface area contributed by atoms with E-state index in [-0.39, 0.29) is 24.1 Å². The molecule has 2 aromatic rings. The lowest BCUT2D eigenvalue weighted by molar-refractivity contribution is -0.106. The van der Waals surface area contributed by atoms with Crippen molar-refractivity contribution in [3.05, 3.63) is 53.6 Å². The van der Waals surface area contributed by atoms with Crippen LogP contribution in [0, 0.1) is 5.92 Å². The SMILES string of the molecule is COc1ccc([C@H]2Oc3cc(OC4CCCCO4)ccc3C(=O)[C@@H]2C)cc1. The second-order valence-corrected chi connectivity index (χ2v) is 7.04. The van der Waals surface area contributed by atoms with Crippen LogP contribution in [-0.4, -0.2) is 25.8 Å². The molecular weight excluding hydrogens is 344 g/mol. The first-order valence-corrected chi connectivity index (χ1v) is 9.43. The van der Waals surface area contributed by atoms with Crippen molar-refractivity contribution < 1.29 is 23.7 Å². The van der Waals surface area contributed by atoms with E-state index in [4.69, 9.17) is 18.9 Å². The summed E-state index contributed by atoms with van der Waals surface area (Å²) in [5.74, 6) is 1.82. The van der Waals surface area contributed by atoms with Crippen LogP contribution in [0.25, 0.3) is 0 Å². The summed E-state index contributed by atoms with van der Waals surface area (Å²) in [5.41, 5.74) is 1.55. The van der Waals surface area contributed by atoms with Gasteiger partial charge in [-0.25, -0.2) is 0 Å². The van der Waals surface area contributed by atoms with E-state index < -0.39 is 0 Å². The predicted molar refractivity (Wildman–Crippen MR) is 101 cm³/mol. The Morgan fingerprint density at radius 1 is 1.04 bits per heavy atom. The minimum Gasteiger partial charge on any atom is -0.497 e. The summed E-state index contributed by atoms with van der Waals surface area (Å²) < 4.78 is 23.0. The fourth-order valence-electron chi connectivity index (χ4n) is 3.60. The minimum atomic E-state index is -0.336. The number of carbonyl (C=O) groups is 1. The molecule has 4 rings (SSSR count). The molecule has 2 aromatic carbocycles. The summed E-state index contributed by atoms with van der Waals surface area (Å²) in [6, 6.07) is 13.0. The van der Waals surface area contributed by atoms with E-state index in [1.807, 2.05) is 37.3 Å². The molecule has 0 radical (unpaired) electrons. The van der Waals surface area contributed by atoms with Crippen LogP contribution in [0.5, 0.6) is 17.2 Å². The Kier molecular flexibility index (Phi) is 5.03. The molecule has 0 aromatic heterocycles. The van der Waals surface area contributed by atoms with Gasteiger partial charge in [-0.2, -0.15) is 0 Å². The summed E-state index contributed by atoms with van der Waals surface area (Å²) in [4.78, 5) is 12.9. The van der Waals surface area contributed by atoms with Gasteiger partial charge in [0.25, 0.3) is 0 Å². The number of hydrogen-bond donors (Lipinski definition) is 0. The maximum Gasteiger partial charge on any atom is 0.199 e. The first-order chi connectivity index (χ1) is 13.2. The number of Topliss-reactive ketones (excluding diaryl/α,β-unsaturated/α-hetero) is 1. The van der Waals surface area contributed by atoms with Crippen molar-refractivity contribution in [2.45, 2.75) is 38.6 Å². The Bertz CT molecular complexity index is 808. The summed E-state index contributed by atoms with van der Waals surface area (Å²) in [5, 5.41) is 0.